The zero-order valence-electron chi connectivity index (χ0n) is 9.42. The molecule has 0 aliphatic heterocycles. The summed E-state index contributed by atoms with van der Waals surface area (Å²) in [4.78, 5) is 15.3. The van der Waals surface area contributed by atoms with Crippen molar-refractivity contribution in [3.8, 4) is 6.07 Å². The SMILES string of the molecule is CC(=O)c1cncn1Cc1ccc(C#N)cc1. The number of carbonyl (C=O) groups is 1. The summed E-state index contributed by atoms with van der Waals surface area (Å²) in [5, 5.41) is 8.69. The van der Waals surface area contributed by atoms with Crippen molar-refractivity contribution in [3.63, 3.8) is 0 Å². The molecule has 0 bridgehead atoms. The van der Waals surface area contributed by atoms with Gasteiger partial charge in [0.1, 0.15) is 5.69 Å². The Kier molecular flexibility index (Phi) is 3.01. The average molecular weight is 225 g/mol. The summed E-state index contributed by atoms with van der Waals surface area (Å²) < 4.78 is 1.80. The predicted molar refractivity (Wildman–Crippen MR) is 62.5 cm³/mol. The van der Waals surface area contributed by atoms with Crippen LogP contribution in [-0.2, 0) is 6.54 Å². The molecule has 1 heterocycles. The highest BCUT2D eigenvalue weighted by molar-refractivity contribution is 5.92. The van der Waals surface area contributed by atoms with Gasteiger partial charge < -0.3 is 4.57 Å². The van der Waals surface area contributed by atoms with Crippen LogP contribution >= 0.6 is 0 Å². The van der Waals surface area contributed by atoms with Crippen LogP contribution in [0.25, 0.3) is 0 Å². The number of hydrogen-bond acceptors (Lipinski definition) is 3. The Balaban J connectivity index is 2.23. The summed E-state index contributed by atoms with van der Waals surface area (Å²) in [6.07, 6.45) is 3.20. The molecule has 4 heteroatoms. The molecule has 0 spiro atoms. The zero-order valence-corrected chi connectivity index (χ0v) is 9.42. The van der Waals surface area contributed by atoms with Crippen LogP contribution in [0.5, 0.6) is 0 Å². The summed E-state index contributed by atoms with van der Waals surface area (Å²) in [6, 6.07) is 9.35. The van der Waals surface area contributed by atoms with Crippen molar-refractivity contribution in [3.05, 3.63) is 53.6 Å². The van der Waals surface area contributed by atoms with E-state index in [4.69, 9.17) is 5.26 Å². The van der Waals surface area contributed by atoms with E-state index in [9.17, 15) is 4.79 Å². The maximum Gasteiger partial charge on any atom is 0.177 e. The fourth-order valence-electron chi connectivity index (χ4n) is 1.62. The van der Waals surface area contributed by atoms with Crippen LogP contribution in [-0.4, -0.2) is 15.3 Å². The minimum absolute atomic E-state index is 0.00357. The summed E-state index contributed by atoms with van der Waals surface area (Å²) in [7, 11) is 0. The van der Waals surface area contributed by atoms with Gasteiger partial charge in [0.2, 0.25) is 0 Å². The van der Waals surface area contributed by atoms with Gasteiger partial charge in [0.25, 0.3) is 0 Å². The second-order valence-corrected chi connectivity index (χ2v) is 3.77. The number of hydrogen-bond donors (Lipinski definition) is 0. The molecule has 0 N–H and O–H groups in total. The molecule has 0 radical (unpaired) electrons. The molecule has 0 aliphatic rings. The van der Waals surface area contributed by atoms with E-state index in [1.165, 1.54) is 6.92 Å². The monoisotopic (exact) mass is 225 g/mol. The van der Waals surface area contributed by atoms with Crippen molar-refractivity contribution >= 4 is 5.78 Å². The van der Waals surface area contributed by atoms with Gasteiger partial charge in [0.05, 0.1) is 24.2 Å². The molecule has 84 valence electrons. The lowest BCUT2D eigenvalue weighted by molar-refractivity contribution is 0.100. The van der Waals surface area contributed by atoms with Gasteiger partial charge in [0.15, 0.2) is 5.78 Å². The number of imidazole rings is 1. The maximum absolute atomic E-state index is 11.3. The lowest BCUT2D eigenvalue weighted by Crippen LogP contribution is -2.06. The second-order valence-electron chi connectivity index (χ2n) is 3.77. The molecule has 4 nitrogen and oxygen atoms in total. The van der Waals surface area contributed by atoms with Crippen molar-refractivity contribution in [1.82, 2.24) is 9.55 Å². The van der Waals surface area contributed by atoms with Crippen LogP contribution in [0.3, 0.4) is 0 Å². The molecule has 0 aliphatic carbocycles. The fraction of sp³-hybridized carbons (Fsp3) is 0.154. The summed E-state index contributed by atoms with van der Waals surface area (Å²) >= 11 is 0. The number of nitrogens with zero attached hydrogens (tertiary/aromatic N) is 3. The van der Waals surface area contributed by atoms with Crippen LogP contribution in [0.1, 0.15) is 28.5 Å². The molecule has 0 saturated carbocycles. The Morgan fingerprint density at radius 1 is 1.41 bits per heavy atom. The number of rotatable bonds is 3. The summed E-state index contributed by atoms with van der Waals surface area (Å²) in [6.45, 7) is 2.10. The van der Waals surface area contributed by atoms with Gasteiger partial charge in [-0.05, 0) is 17.7 Å². The average Bonchev–Trinajstić information content (AvgIpc) is 2.78. The molecule has 0 amide bonds. The van der Waals surface area contributed by atoms with Crippen molar-refractivity contribution in [1.29, 1.82) is 5.26 Å². The largest absolute Gasteiger partial charge is 0.324 e. The highest BCUT2D eigenvalue weighted by Crippen LogP contribution is 2.08. The highest BCUT2D eigenvalue weighted by Gasteiger charge is 2.06. The number of benzene rings is 1. The molecular weight excluding hydrogens is 214 g/mol. The molecule has 1 aromatic carbocycles. The molecular formula is C13H11N3O. The first kappa shape index (κ1) is 11.1. The standard InChI is InChI=1S/C13H11N3O/c1-10(17)13-7-15-9-16(13)8-12-4-2-11(6-14)3-5-12/h2-5,7,9H,8H2,1H3. The third-order valence-electron chi connectivity index (χ3n) is 2.51. The van der Waals surface area contributed by atoms with Crippen LogP contribution in [0.2, 0.25) is 0 Å². The summed E-state index contributed by atoms with van der Waals surface area (Å²) in [5.74, 6) is -0.00357. The molecule has 0 fully saturated rings. The first-order valence-corrected chi connectivity index (χ1v) is 5.21. The molecule has 2 rings (SSSR count). The van der Waals surface area contributed by atoms with E-state index in [-0.39, 0.29) is 5.78 Å². The van der Waals surface area contributed by atoms with Crippen LogP contribution < -0.4 is 0 Å². The van der Waals surface area contributed by atoms with Crippen molar-refractivity contribution < 1.29 is 4.79 Å². The number of nitriles is 1. The molecule has 2 aromatic rings. The minimum atomic E-state index is -0.00357. The Morgan fingerprint density at radius 2 is 2.12 bits per heavy atom. The maximum atomic E-state index is 11.3. The smallest absolute Gasteiger partial charge is 0.177 e. The Hall–Kier alpha value is -2.41. The van der Waals surface area contributed by atoms with Crippen LogP contribution in [0.4, 0.5) is 0 Å². The van der Waals surface area contributed by atoms with Gasteiger partial charge in [-0.15, -0.1) is 0 Å². The molecule has 0 unspecified atom stereocenters. The van der Waals surface area contributed by atoms with E-state index >= 15 is 0 Å². The van der Waals surface area contributed by atoms with Gasteiger partial charge in [-0.1, -0.05) is 12.1 Å². The third kappa shape index (κ3) is 2.40. The number of Topliss-reactive ketones (excluding diaryl/α,β-unsaturated/α-hetero) is 1. The van der Waals surface area contributed by atoms with Crippen molar-refractivity contribution in [2.24, 2.45) is 0 Å². The highest BCUT2D eigenvalue weighted by atomic mass is 16.1. The van der Waals surface area contributed by atoms with Crippen molar-refractivity contribution in [2.75, 3.05) is 0 Å². The lowest BCUT2D eigenvalue weighted by atomic mass is 10.1. The number of carbonyl (C=O) groups excluding carboxylic acids is 1. The predicted octanol–water partition coefficient (Wildman–Crippen LogP) is 2.01. The zero-order chi connectivity index (χ0) is 12.3. The van der Waals surface area contributed by atoms with Gasteiger partial charge in [-0.2, -0.15) is 5.26 Å². The first-order chi connectivity index (χ1) is 8.20. The van der Waals surface area contributed by atoms with Gasteiger partial charge in [-0.3, -0.25) is 4.79 Å². The molecule has 0 atom stereocenters. The van der Waals surface area contributed by atoms with Gasteiger partial charge in [0, 0.05) is 13.5 Å². The van der Waals surface area contributed by atoms with E-state index in [1.54, 1.807) is 29.2 Å². The fourth-order valence-corrected chi connectivity index (χ4v) is 1.62. The van der Waals surface area contributed by atoms with E-state index in [0.29, 0.717) is 17.8 Å². The topological polar surface area (TPSA) is 58.7 Å². The normalized spacial score (nSPS) is 9.88. The Labute approximate surface area is 99.1 Å². The molecule has 17 heavy (non-hydrogen) atoms. The number of ketones is 1. The second kappa shape index (κ2) is 4.62. The van der Waals surface area contributed by atoms with E-state index < -0.39 is 0 Å². The van der Waals surface area contributed by atoms with Gasteiger partial charge in [-0.25, -0.2) is 4.98 Å². The third-order valence-corrected chi connectivity index (χ3v) is 2.51. The summed E-state index contributed by atoms with van der Waals surface area (Å²) in [5.41, 5.74) is 2.25. The number of aromatic nitrogens is 2. The van der Waals surface area contributed by atoms with Gasteiger partial charge >= 0.3 is 0 Å². The van der Waals surface area contributed by atoms with E-state index in [1.807, 2.05) is 12.1 Å². The molecule has 0 saturated heterocycles. The first-order valence-electron chi connectivity index (χ1n) is 5.21. The van der Waals surface area contributed by atoms with Crippen LogP contribution in [0, 0.1) is 11.3 Å². The Bertz CT molecular complexity index is 575. The quantitative estimate of drug-likeness (QED) is 0.751. The lowest BCUT2D eigenvalue weighted by Gasteiger charge is -2.05. The van der Waals surface area contributed by atoms with E-state index in [2.05, 4.69) is 11.1 Å². The van der Waals surface area contributed by atoms with E-state index in [0.717, 1.165) is 5.56 Å². The van der Waals surface area contributed by atoms with Crippen LogP contribution in [0.15, 0.2) is 36.8 Å². The molecule has 1 aromatic heterocycles. The minimum Gasteiger partial charge on any atom is -0.324 e. The van der Waals surface area contributed by atoms with Crippen molar-refractivity contribution in [2.45, 2.75) is 13.5 Å². The Morgan fingerprint density at radius 3 is 2.71 bits per heavy atom.